The Morgan fingerprint density at radius 3 is 2.90 bits per heavy atom. The fourth-order valence-electron chi connectivity index (χ4n) is 3.60. The van der Waals surface area contributed by atoms with Crippen molar-refractivity contribution in [2.45, 2.75) is 39.8 Å². The van der Waals surface area contributed by atoms with Gasteiger partial charge >= 0.3 is 0 Å². The fraction of sp³-hybridized carbons (Fsp3) is 0.318. The van der Waals surface area contributed by atoms with Gasteiger partial charge in [-0.2, -0.15) is 5.10 Å². The number of ether oxygens (including phenoxy) is 1. The fourth-order valence-corrected chi connectivity index (χ4v) is 3.60. The average Bonchev–Trinajstić information content (AvgIpc) is 3.33. The number of aryl methyl sites for hydroxylation is 2. The third-order valence-corrected chi connectivity index (χ3v) is 4.99. The molecule has 0 spiro atoms. The third-order valence-electron chi connectivity index (χ3n) is 4.99. The van der Waals surface area contributed by atoms with Crippen LogP contribution in [0.2, 0.25) is 0 Å². The van der Waals surface area contributed by atoms with Crippen LogP contribution in [0.15, 0.2) is 51.9 Å². The Bertz CT molecular complexity index is 1250. The summed E-state index contributed by atoms with van der Waals surface area (Å²) < 4.78 is 14.2. The summed E-state index contributed by atoms with van der Waals surface area (Å²) in [7, 11) is 0. The maximum absolute atomic E-state index is 12.8. The quantitative estimate of drug-likeness (QED) is 0.484. The van der Waals surface area contributed by atoms with Crippen molar-refractivity contribution in [3.63, 3.8) is 0 Å². The molecule has 1 amide bonds. The molecule has 8 heteroatoms. The van der Waals surface area contributed by atoms with Gasteiger partial charge in [0.25, 0.3) is 5.56 Å². The van der Waals surface area contributed by atoms with Crippen molar-refractivity contribution < 1.29 is 13.9 Å². The summed E-state index contributed by atoms with van der Waals surface area (Å²) in [6.07, 6.45) is 2.41. The lowest BCUT2D eigenvalue weighted by molar-refractivity contribution is -0.121. The van der Waals surface area contributed by atoms with Crippen LogP contribution in [0, 0.1) is 6.92 Å². The molecule has 0 saturated carbocycles. The molecule has 3 aromatic heterocycles. The van der Waals surface area contributed by atoms with Gasteiger partial charge in [-0.25, -0.2) is 4.68 Å². The van der Waals surface area contributed by atoms with E-state index in [0.717, 1.165) is 16.8 Å². The molecule has 0 atom stereocenters. The van der Waals surface area contributed by atoms with Crippen molar-refractivity contribution in [2.75, 3.05) is 6.61 Å². The van der Waals surface area contributed by atoms with Crippen LogP contribution < -0.4 is 15.6 Å². The van der Waals surface area contributed by atoms with E-state index >= 15 is 0 Å². The Morgan fingerprint density at radius 1 is 1.23 bits per heavy atom. The van der Waals surface area contributed by atoms with Crippen LogP contribution in [0.5, 0.6) is 5.75 Å². The predicted molar refractivity (Wildman–Crippen MR) is 113 cm³/mol. The molecular formula is C22H24N4O4. The Balaban J connectivity index is 1.37. The minimum atomic E-state index is -0.196. The number of fused-ring (bicyclic) bond motifs is 3. The summed E-state index contributed by atoms with van der Waals surface area (Å²) in [5, 5.41) is 7.31. The molecule has 3 heterocycles. The van der Waals surface area contributed by atoms with E-state index in [1.807, 2.05) is 44.2 Å². The standard InChI is InChI=1S/C22H24N4O4/c1-3-29-19-8-5-4-7-16(19)14-23-21(27)9-6-11-25-22(28)18-13-20-17(10-12-30-20)26(18)15(2)24-25/h4-5,7-8,10,12-13H,3,6,9,11,14H2,1-2H3,(H,23,27). The van der Waals surface area contributed by atoms with Crippen molar-refractivity contribution in [1.82, 2.24) is 19.5 Å². The minimum absolute atomic E-state index is 0.0765. The second-order valence-electron chi connectivity index (χ2n) is 7.03. The zero-order valence-electron chi connectivity index (χ0n) is 17.1. The number of aromatic nitrogens is 3. The van der Waals surface area contributed by atoms with E-state index in [-0.39, 0.29) is 11.5 Å². The van der Waals surface area contributed by atoms with Gasteiger partial charge in [0.05, 0.1) is 18.4 Å². The van der Waals surface area contributed by atoms with Gasteiger partial charge in [-0.15, -0.1) is 0 Å². The number of benzene rings is 1. The topological polar surface area (TPSA) is 90.8 Å². The number of carbonyl (C=O) groups excluding carboxylic acids is 1. The Kier molecular flexibility index (Phi) is 5.56. The van der Waals surface area contributed by atoms with E-state index < -0.39 is 0 Å². The highest BCUT2D eigenvalue weighted by Gasteiger charge is 2.14. The van der Waals surface area contributed by atoms with Crippen LogP contribution in [0.25, 0.3) is 16.6 Å². The first kappa shape index (κ1) is 19.8. The summed E-state index contributed by atoms with van der Waals surface area (Å²) in [6, 6.07) is 11.2. The molecular weight excluding hydrogens is 384 g/mol. The molecule has 156 valence electrons. The van der Waals surface area contributed by atoms with Crippen LogP contribution >= 0.6 is 0 Å². The molecule has 0 unspecified atom stereocenters. The minimum Gasteiger partial charge on any atom is -0.494 e. The van der Waals surface area contributed by atoms with Crippen LogP contribution in [0.1, 0.15) is 31.2 Å². The second kappa shape index (κ2) is 8.44. The molecule has 0 aliphatic carbocycles. The lowest BCUT2D eigenvalue weighted by atomic mass is 10.2. The predicted octanol–water partition coefficient (Wildman–Crippen LogP) is 3.05. The lowest BCUT2D eigenvalue weighted by Gasteiger charge is -2.11. The highest BCUT2D eigenvalue weighted by atomic mass is 16.5. The van der Waals surface area contributed by atoms with E-state index in [9.17, 15) is 9.59 Å². The highest BCUT2D eigenvalue weighted by Crippen LogP contribution is 2.20. The molecule has 0 saturated heterocycles. The summed E-state index contributed by atoms with van der Waals surface area (Å²) in [4.78, 5) is 25.0. The van der Waals surface area contributed by atoms with Crippen LogP contribution in [0.3, 0.4) is 0 Å². The molecule has 0 bridgehead atoms. The molecule has 4 rings (SSSR count). The van der Waals surface area contributed by atoms with E-state index in [1.54, 1.807) is 16.7 Å². The first-order valence-corrected chi connectivity index (χ1v) is 10.0. The Hall–Kier alpha value is -3.55. The molecule has 1 N–H and O–H groups in total. The molecule has 30 heavy (non-hydrogen) atoms. The average molecular weight is 408 g/mol. The molecule has 0 aliphatic heterocycles. The van der Waals surface area contributed by atoms with Gasteiger partial charge in [-0.3, -0.25) is 14.0 Å². The number of nitrogens with zero attached hydrogens (tertiary/aromatic N) is 3. The van der Waals surface area contributed by atoms with Gasteiger partial charge in [0.15, 0.2) is 5.58 Å². The van der Waals surface area contributed by atoms with Gasteiger partial charge in [-0.05, 0) is 26.3 Å². The summed E-state index contributed by atoms with van der Waals surface area (Å²) in [5.74, 6) is 1.39. The maximum atomic E-state index is 12.8. The van der Waals surface area contributed by atoms with Crippen molar-refractivity contribution >= 4 is 22.5 Å². The number of hydrogen-bond acceptors (Lipinski definition) is 5. The molecule has 0 radical (unpaired) electrons. The van der Waals surface area contributed by atoms with E-state index in [2.05, 4.69) is 10.4 Å². The SMILES string of the molecule is CCOc1ccccc1CNC(=O)CCCn1nc(C)n2c(cc3occc32)c1=O. The zero-order valence-corrected chi connectivity index (χ0v) is 17.1. The van der Waals surface area contributed by atoms with Gasteiger partial charge in [0, 0.05) is 37.2 Å². The first-order valence-electron chi connectivity index (χ1n) is 10.0. The Morgan fingerprint density at radius 2 is 2.07 bits per heavy atom. The number of amides is 1. The van der Waals surface area contributed by atoms with Crippen molar-refractivity contribution in [1.29, 1.82) is 0 Å². The summed E-state index contributed by atoms with van der Waals surface area (Å²) in [6.45, 7) is 5.12. The molecule has 8 nitrogen and oxygen atoms in total. The van der Waals surface area contributed by atoms with E-state index in [4.69, 9.17) is 9.15 Å². The number of carbonyl (C=O) groups is 1. The summed E-state index contributed by atoms with van der Waals surface area (Å²) >= 11 is 0. The molecule has 0 fully saturated rings. The van der Waals surface area contributed by atoms with Gasteiger partial charge in [-0.1, -0.05) is 18.2 Å². The van der Waals surface area contributed by atoms with Gasteiger partial charge < -0.3 is 14.5 Å². The van der Waals surface area contributed by atoms with Crippen molar-refractivity contribution in [2.24, 2.45) is 0 Å². The Labute approximate surface area is 173 Å². The van der Waals surface area contributed by atoms with Crippen molar-refractivity contribution in [3.05, 3.63) is 64.4 Å². The van der Waals surface area contributed by atoms with Gasteiger partial charge in [0.2, 0.25) is 5.91 Å². The van der Waals surface area contributed by atoms with Crippen LogP contribution in [-0.4, -0.2) is 26.7 Å². The first-order chi connectivity index (χ1) is 14.6. The monoisotopic (exact) mass is 408 g/mol. The van der Waals surface area contributed by atoms with Crippen LogP contribution in [0.4, 0.5) is 0 Å². The van der Waals surface area contributed by atoms with E-state index in [1.165, 1.54) is 4.68 Å². The lowest BCUT2D eigenvalue weighted by Crippen LogP contribution is -2.28. The molecule has 0 aliphatic rings. The third kappa shape index (κ3) is 3.80. The normalized spacial score (nSPS) is 11.3. The molecule has 1 aromatic carbocycles. The summed E-state index contributed by atoms with van der Waals surface area (Å²) in [5.41, 5.74) is 2.74. The van der Waals surface area contributed by atoms with Gasteiger partial charge in [0.1, 0.15) is 17.1 Å². The maximum Gasteiger partial charge on any atom is 0.291 e. The van der Waals surface area contributed by atoms with Crippen molar-refractivity contribution in [3.8, 4) is 5.75 Å². The number of rotatable bonds is 8. The van der Waals surface area contributed by atoms with Crippen LogP contribution in [-0.2, 0) is 17.9 Å². The highest BCUT2D eigenvalue weighted by molar-refractivity contribution is 5.82. The number of para-hydroxylation sites is 1. The second-order valence-corrected chi connectivity index (χ2v) is 7.03. The largest absolute Gasteiger partial charge is 0.494 e. The number of furan rings is 1. The molecule has 4 aromatic rings. The number of nitrogens with one attached hydrogen (secondary N) is 1. The van der Waals surface area contributed by atoms with E-state index in [0.29, 0.717) is 49.5 Å². The smallest absolute Gasteiger partial charge is 0.291 e. The number of hydrogen-bond donors (Lipinski definition) is 1. The zero-order chi connectivity index (χ0) is 21.1.